The van der Waals surface area contributed by atoms with Crippen LogP contribution >= 0.6 is 28.5 Å². The first kappa shape index (κ1) is 17.6. The fraction of sp³-hybridized carbons (Fsp3) is 0.286. The minimum atomic E-state index is 0.949. The van der Waals surface area contributed by atoms with E-state index in [0.29, 0.717) is 0 Å². The summed E-state index contributed by atoms with van der Waals surface area (Å²) in [6.07, 6.45) is 5.93. The second kappa shape index (κ2) is 11.2. The third kappa shape index (κ3) is 6.34. The monoisotopic (exact) mass is 443 g/mol. The van der Waals surface area contributed by atoms with Gasteiger partial charge in [0.05, 0.1) is 0 Å². The van der Waals surface area contributed by atoms with Gasteiger partial charge in [-0.3, -0.25) is 0 Å². The van der Waals surface area contributed by atoms with Gasteiger partial charge in [0.15, 0.2) is 0 Å². The average molecular weight is 446 g/mol. The van der Waals surface area contributed by atoms with Gasteiger partial charge in [-0.25, -0.2) is 9.97 Å². The van der Waals surface area contributed by atoms with Crippen molar-refractivity contribution >= 4 is 40.1 Å². The molecule has 0 aliphatic rings. The summed E-state index contributed by atoms with van der Waals surface area (Å²) < 4.78 is 0. The molecule has 0 saturated carbocycles. The second-order valence-corrected chi connectivity index (χ2v) is 8.91. The van der Waals surface area contributed by atoms with E-state index in [4.69, 9.17) is 0 Å². The molecule has 0 aromatic carbocycles. The SMILES string of the molecule is CCCCN(c1ccccn1)c1ccccn1.[Br][Ni][Br]. The summed E-state index contributed by atoms with van der Waals surface area (Å²) >= 11 is 6.00. The molecule has 112 valence electrons. The molecule has 0 atom stereocenters. The molecule has 0 aliphatic carbocycles. The summed E-state index contributed by atoms with van der Waals surface area (Å²) in [6.45, 7) is 3.14. The van der Waals surface area contributed by atoms with E-state index in [9.17, 15) is 0 Å². The third-order valence-corrected chi connectivity index (χ3v) is 2.59. The van der Waals surface area contributed by atoms with Crippen LogP contribution in [0.5, 0.6) is 0 Å². The molecule has 0 spiro atoms. The summed E-state index contributed by atoms with van der Waals surface area (Å²) in [7, 11) is 1.25. The molecule has 3 nitrogen and oxygen atoms in total. The van der Waals surface area contributed by atoms with Crippen molar-refractivity contribution in [3.8, 4) is 0 Å². The van der Waals surface area contributed by atoms with E-state index in [1.54, 1.807) is 0 Å². The summed E-state index contributed by atoms with van der Waals surface area (Å²) in [4.78, 5) is 10.9. The molecule has 0 fully saturated rings. The first-order chi connectivity index (χ1) is 9.83. The molecule has 2 aromatic rings. The van der Waals surface area contributed by atoms with Crippen LogP contribution in [-0.4, -0.2) is 16.5 Å². The van der Waals surface area contributed by atoms with Crippen LogP contribution in [0.4, 0.5) is 11.6 Å². The normalized spacial score (nSPS) is 9.75. The molecule has 2 heterocycles. The topological polar surface area (TPSA) is 29.0 Å². The van der Waals surface area contributed by atoms with Crippen molar-refractivity contribution in [3.63, 3.8) is 0 Å². The van der Waals surface area contributed by atoms with Crippen molar-refractivity contribution in [2.45, 2.75) is 19.8 Å². The van der Waals surface area contributed by atoms with E-state index < -0.39 is 0 Å². The van der Waals surface area contributed by atoms with Crippen molar-refractivity contribution in [1.29, 1.82) is 0 Å². The Labute approximate surface area is 140 Å². The maximum absolute atomic E-state index is 4.39. The molecule has 20 heavy (non-hydrogen) atoms. The predicted molar refractivity (Wildman–Crippen MR) is 88.2 cm³/mol. The van der Waals surface area contributed by atoms with Gasteiger partial charge >= 0.3 is 39.3 Å². The minimum absolute atomic E-state index is 0.949. The van der Waals surface area contributed by atoms with Gasteiger partial charge in [-0.05, 0) is 30.7 Å². The first-order valence-corrected chi connectivity index (χ1v) is 11.1. The molecule has 6 heteroatoms. The van der Waals surface area contributed by atoms with Crippen LogP contribution in [0, 0.1) is 0 Å². The first-order valence-electron chi connectivity index (χ1n) is 6.25. The van der Waals surface area contributed by atoms with Crippen LogP contribution in [0.2, 0.25) is 0 Å². The van der Waals surface area contributed by atoms with Crippen LogP contribution in [0.1, 0.15) is 19.8 Å². The predicted octanol–water partition coefficient (Wildman–Crippen LogP) is 5.10. The Morgan fingerprint density at radius 3 is 1.85 bits per heavy atom. The van der Waals surface area contributed by atoms with E-state index in [2.05, 4.69) is 50.2 Å². The van der Waals surface area contributed by atoms with Crippen LogP contribution in [0.3, 0.4) is 0 Å². The van der Waals surface area contributed by atoms with E-state index >= 15 is 0 Å². The molecule has 0 N–H and O–H groups in total. The Morgan fingerprint density at radius 2 is 1.50 bits per heavy atom. The number of halogens is 2. The number of rotatable bonds is 5. The molecular formula is C14H17Br2N3Ni. The Kier molecular flexibility index (Phi) is 9.89. The quantitative estimate of drug-likeness (QED) is 0.599. The molecular weight excluding hydrogens is 429 g/mol. The van der Waals surface area contributed by atoms with Gasteiger partial charge in [0.1, 0.15) is 11.6 Å². The number of pyridine rings is 2. The fourth-order valence-electron chi connectivity index (χ4n) is 1.69. The number of anilines is 2. The Bertz CT molecular complexity index is 417. The van der Waals surface area contributed by atoms with Gasteiger partial charge < -0.3 is 4.90 Å². The van der Waals surface area contributed by atoms with Crippen molar-refractivity contribution in [1.82, 2.24) is 9.97 Å². The zero-order valence-corrected chi connectivity index (χ0v) is 15.3. The number of aromatic nitrogens is 2. The van der Waals surface area contributed by atoms with E-state index in [1.165, 1.54) is 10.9 Å². The summed E-state index contributed by atoms with van der Waals surface area (Å²) in [5, 5.41) is 0. The van der Waals surface area contributed by atoms with E-state index in [0.717, 1.165) is 31.0 Å². The maximum atomic E-state index is 4.39. The van der Waals surface area contributed by atoms with E-state index in [1.807, 2.05) is 48.8 Å². The van der Waals surface area contributed by atoms with Gasteiger partial charge in [-0.2, -0.15) is 0 Å². The zero-order chi connectivity index (χ0) is 14.6. The Morgan fingerprint density at radius 1 is 1.00 bits per heavy atom. The number of unbranched alkanes of at least 4 members (excludes halogenated alkanes) is 1. The number of hydrogen-bond donors (Lipinski definition) is 0. The fourth-order valence-corrected chi connectivity index (χ4v) is 1.69. The molecule has 0 aliphatic heterocycles. The average Bonchev–Trinajstić information content (AvgIpc) is 2.51. The van der Waals surface area contributed by atoms with Crippen LogP contribution < -0.4 is 4.90 Å². The van der Waals surface area contributed by atoms with Gasteiger partial charge in [-0.15, -0.1) is 0 Å². The number of nitrogens with zero attached hydrogens (tertiary/aromatic N) is 3. The molecule has 0 amide bonds. The van der Waals surface area contributed by atoms with Crippen molar-refractivity contribution in [2.75, 3.05) is 11.4 Å². The van der Waals surface area contributed by atoms with Crippen molar-refractivity contribution < 1.29 is 10.9 Å². The Hall–Kier alpha value is -0.446. The van der Waals surface area contributed by atoms with Gasteiger partial charge in [0.25, 0.3) is 0 Å². The van der Waals surface area contributed by atoms with Crippen molar-refractivity contribution in [2.24, 2.45) is 0 Å². The molecule has 0 radical (unpaired) electrons. The molecule has 0 bridgehead atoms. The summed E-state index contributed by atoms with van der Waals surface area (Å²) in [5.41, 5.74) is 0. The summed E-state index contributed by atoms with van der Waals surface area (Å²) in [5.74, 6) is 1.92. The van der Waals surface area contributed by atoms with Gasteiger partial charge in [-0.1, -0.05) is 25.5 Å². The summed E-state index contributed by atoms with van der Waals surface area (Å²) in [6, 6.07) is 11.9. The third-order valence-electron chi connectivity index (χ3n) is 2.59. The zero-order valence-electron chi connectivity index (χ0n) is 11.2. The van der Waals surface area contributed by atoms with Gasteiger partial charge in [0, 0.05) is 18.9 Å². The second-order valence-electron chi connectivity index (χ2n) is 3.93. The van der Waals surface area contributed by atoms with E-state index in [-0.39, 0.29) is 0 Å². The van der Waals surface area contributed by atoms with Crippen LogP contribution in [-0.2, 0) is 10.9 Å². The standard InChI is InChI=1S/C14H17N3.2BrH.Ni/c1-2-3-12-17(13-8-4-6-10-15-13)14-9-5-7-11-16-14;;;/h4-11H,2-3,12H2,1H3;2*1H;/q;;;+2/p-2. The molecule has 0 saturated heterocycles. The van der Waals surface area contributed by atoms with Crippen molar-refractivity contribution in [3.05, 3.63) is 48.8 Å². The number of hydrogen-bond acceptors (Lipinski definition) is 3. The molecule has 2 aromatic heterocycles. The van der Waals surface area contributed by atoms with Crippen LogP contribution in [0.25, 0.3) is 0 Å². The van der Waals surface area contributed by atoms with Gasteiger partial charge in [0.2, 0.25) is 0 Å². The van der Waals surface area contributed by atoms with Crippen LogP contribution in [0.15, 0.2) is 48.8 Å². The molecule has 0 unspecified atom stereocenters. The molecule has 2 rings (SSSR count). The Balaban J connectivity index is 0.000000612.